The van der Waals surface area contributed by atoms with Gasteiger partial charge < -0.3 is 10.4 Å². The number of amides is 1. The lowest BCUT2D eigenvalue weighted by molar-refractivity contribution is -0.137. The Hall–Kier alpha value is -1.04. The number of hydrogen-bond acceptors (Lipinski definition) is 3. The fraction of sp³-hybridized carbons (Fsp3) is 0.385. The van der Waals surface area contributed by atoms with E-state index < -0.39 is 17.9 Å². The summed E-state index contributed by atoms with van der Waals surface area (Å²) in [6.45, 7) is 5.80. The van der Waals surface area contributed by atoms with E-state index in [-0.39, 0.29) is 15.3 Å². The molecule has 1 atom stereocenters. The zero-order valence-corrected chi connectivity index (χ0v) is 13.6. The first kappa shape index (κ1) is 17.0. The number of nitrogens with one attached hydrogen (secondary N) is 1. The van der Waals surface area contributed by atoms with Crippen LogP contribution in [0.2, 0.25) is 9.36 Å². The van der Waals surface area contributed by atoms with Crippen molar-refractivity contribution in [3.8, 4) is 0 Å². The molecule has 7 heteroatoms. The van der Waals surface area contributed by atoms with E-state index >= 15 is 0 Å². The van der Waals surface area contributed by atoms with Gasteiger partial charge in [0, 0.05) is 0 Å². The van der Waals surface area contributed by atoms with Gasteiger partial charge in [-0.25, -0.2) is 4.79 Å². The van der Waals surface area contributed by atoms with E-state index in [2.05, 4.69) is 5.32 Å². The molecule has 4 nitrogen and oxygen atoms in total. The molecule has 1 aromatic rings. The van der Waals surface area contributed by atoms with Crippen LogP contribution < -0.4 is 5.32 Å². The highest BCUT2D eigenvalue weighted by Gasteiger charge is 2.20. The number of carbonyl (C=O) groups excluding carboxylic acids is 1. The Kier molecular flexibility index (Phi) is 5.62. The Bertz CT molecular complexity index is 527. The first-order valence-corrected chi connectivity index (χ1v) is 7.35. The molecule has 0 aromatic carbocycles. The molecule has 1 rings (SSSR count). The number of thiophene rings is 1. The van der Waals surface area contributed by atoms with Gasteiger partial charge in [-0.15, -0.1) is 11.3 Å². The zero-order valence-electron chi connectivity index (χ0n) is 11.2. The van der Waals surface area contributed by atoms with Crippen molar-refractivity contribution < 1.29 is 14.7 Å². The van der Waals surface area contributed by atoms with Crippen LogP contribution in [-0.2, 0) is 4.79 Å². The number of carboxylic acid groups (broad SMARTS) is 1. The number of allylic oxidation sites excluding steroid dienone is 1. The largest absolute Gasteiger partial charge is 0.479 e. The molecule has 0 spiro atoms. The highest BCUT2D eigenvalue weighted by molar-refractivity contribution is 7.18. The average Bonchev–Trinajstić information content (AvgIpc) is 2.63. The Balaban J connectivity index is 2.83. The van der Waals surface area contributed by atoms with E-state index in [4.69, 9.17) is 28.3 Å². The first-order valence-electron chi connectivity index (χ1n) is 5.78. The van der Waals surface area contributed by atoms with E-state index in [1.807, 2.05) is 20.8 Å². The Morgan fingerprint density at radius 3 is 2.40 bits per heavy atom. The van der Waals surface area contributed by atoms with Crippen LogP contribution in [0.1, 0.15) is 30.4 Å². The molecule has 0 bridgehead atoms. The first-order chi connectivity index (χ1) is 9.10. The minimum absolute atomic E-state index is 0.173. The molecule has 20 heavy (non-hydrogen) atoms. The molecule has 0 saturated heterocycles. The second-order valence-electron chi connectivity index (χ2n) is 5.25. The second kappa shape index (κ2) is 6.61. The molecule has 0 aliphatic heterocycles. The van der Waals surface area contributed by atoms with Gasteiger partial charge in [-0.05, 0) is 11.5 Å². The summed E-state index contributed by atoms with van der Waals surface area (Å²) in [7, 11) is 0. The topological polar surface area (TPSA) is 66.4 Å². The molecule has 0 saturated carbocycles. The van der Waals surface area contributed by atoms with Gasteiger partial charge in [-0.3, -0.25) is 4.79 Å². The van der Waals surface area contributed by atoms with Crippen LogP contribution >= 0.6 is 34.5 Å². The number of carboxylic acids is 1. The summed E-state index contributed by atoms with van der Waals surface area (Å²) in [5.41, 5.74) is -0.173. The van der Waals surface area contributed by atoms with Crippen LogP contribution in [0.3, 0.4) is 0 Å². The smallest absolute Gasteiger partial charge is 0.330 e. The van der Waals surface area contributed by atoms with Crippen LogP contribution in [0.15, 0.2) is 18.2 Å². The van der Waals surface area contributed by atoms with Crippen molar-refractivity contribution >= 4 is 46.4 Å². The predicted molar refractivity (Wildman–Crippen MR) is 81.8 cm³/mol. The number of carbonyl (C=O) groups is 2. The third-order valence-corrected chi connectivity index (χ3v) is 4.07. The molecule has 1 heterocycles. The quantitative estimate of drug-likeness (QED) is 0.821. The van der Waals surface area contributed by atoms with Crippen LogP contribution in [-0.4, -0.2) is 23.0 Å². The van der Waals surface area contributed by atoms with E-state index in [1.54, 1.807) is 6.08 Å². The molecule has 1 amide bonds. The molecule has 0 fully saturated rings. The van der Waals surface area contributed by atoms with Crippen molar-refractivity contribution in [2.24, 2.45) is 5.41 Å². The van der Waals surface area contributed by atoms with E-state index in [9.17, 15) is 9.59 Å². The van der Waals surface area contributed by atoms with Crippen molar-refractivity contribution in [1.29, 1.82) is 0 Å². The Morgan fingerprint density at radius 1 is 1.40 bits per heavy atom. The van der Waals surface area contributed by atoms with E-state index in [0.717, 1.165) is 11.3 Å². The predicted octanol–water partition coefficient (Wildman–Crippen LogP) is 3.84. The average molecular weight is 336 g/mol. The zero-order chi connectivity index (χ0) is 15.5. The standard InChI is InChI=1S/C13H15Cl2NO3S/c1-13(2,3)5-4-8(12(18)19)16-11(17)9-6-7(14)10(15)20-9/h4-6,8H,1-3H3,(H,16,17)(H,18,19)/b5-4+. The number of aliphatic carboxylic acids is 1. The highest BCUT2D eigenvalue weighted by Crippen LogP contribution is 2.31. The fourth-order valence-corrected chi connectivity index (χ4v) is 2.52. The molecule has 0 aliphatic rings. The minimum Gasteiger partial charge on any atom is -0.479 e. The molecule has 0 aliphatic carbocycles. The molecular weight excluding hydrogens is 321 g/mol. The van der Waals surface area contributed by atoms with Crippen molar-refractivity contribution in [3.63, 3.8) is 0 Å². The number of halogens is 2. The van der Waals surface area contributed by atoms with Gasteiger partial charge in [0.05, 0.1) is 9.90 Å². The molecular formula is C13H15Cl2NO3S. The summed E-state index contributed by atoms with van der Waals surface area (Å²) < 4.78 is 0.300. The second-order valence-corrected chi connectivity index (χ2v) is 7.31. The molecule has 110 valence electrons. The van der Waals surface area contributed by atoms with Crippen LogP contribution in [0.25, 0.3) is 0 Å². The maximum atomic E-state index is 11.9. The van der Waals surface area contributed by atoms with Gasteiger partial charge in [0.15, 0.2) is 0 Å². The van der Waals surface area contributed by atoms with Gasteiger partial charge in [-0.1, -0.05) is 56.1 Å². The number of rotatable bonds is 4. The maximum Gasteiger partial charge on any atom is 0.330 e. The lowest BCUT2D eigenvalue weighted by atomic mass is 9.95. The molecule has 1 aromatic heterocycles. The SMILES string of the molecule is CC(C)(C)/C=C/C(NC(=O)c1cc(Cl)c(Cl)s1)C(=O)O. The highest BCUT2D eigenvalue weighted by atomic mass is 35.5. The monoisotopic (exact) mass is 335 g/mol. The Morgan fingerprint density at radius 2 is 2.00 bits per heavy atom. The van der Waals surface area contributed by atoms with Crippen molar-refractivity contribution in [1.82, 2.24) is 5.32 Å². The third kappa shape index (κ3) is 5.15. The van der Waals surface area contributed by atoms with Crippen molar-refractivity contribution in [2.75, 3.05) is 0 Å². The van der Waals surface area contributed by atoms with Gasteiger partial charge in [0.25, 0.3) is 5.91 Å². The summed E-state index contributed by atoms with van der Waals surface area (Å²) in [5.74, 6) is -1.65. The van der Waals surface area contributed by atoms with Crippen LogP contribution in [0.4, 0.5) is 0 Å². The van der Waals surface area contributed by atoms with E-state index in [1.165, 1.54) is 12.1 Å². The summed E-state index contributed by atoms with van der Waals surface area (Å²) in [5, 5.41) is 11.8. The lowest BCUT2D eigenvalue weighted by Crippen LogP contribution is -2.39. The summed E-state index contributed by atoms with van der Waals surface area (Å²) >= 11 is 12.5. The van der Waals surface area contributed by atoms with Gasteiger partial charge >= 0.3 is 5.97 Å². The van der Waals surface area contributed by atoms with Crippen molar-refractivity contribution in [2.45, 2.75) is 26.8 Å². The Labute approximate surface area is 131 Å². The summed E-state index contributed by atoms with van der Waals surface area (Å²) in [6, 6.07) is 0.317. The third-order valence-electron chi connectivity index (χ3n) is 2.21. The molecule has 0 radical (unpaired) electrons. The van der Waals surface area contributed by atoms with Crippen LogP contribution in [0.5, 0.6) is 0 Å². The maximum absolute atomic E-state index is 11.9. The number of hydrogen-bond donors (Lipinski definition) is 2. The van der Waals surface area contributed by atoms with Gasteiger partial charge in [0.2, 0.25) is 0 Å². The van der Waals surface area contributed by atoms with Crippen LogP contribution in [0, 0.1) is 5.41 Å². The van der Waals surface area contributed by atoms with E-state index in [0.29, 0.717) is 4.34 Å². The molecule has 1 unspecified atom stereocenters. The summed E-state index contributed by atoms with van der Waals surface area (Å²) in [4.78, 5) is 23.3. The normalized spacial score (nSPS) is 13.4. The molecule has 2 N–H and O–H groups in total. The van der Waals surface area contributed by atoms with Crippen molar-refractivity contribution in [3.05, 3.63) is 32.5 Å². The van der Waals surface area contributed by atoms with Gasteiger partial charge in [0.1, 0.15) is 10.4 Å². The lowest BCUT2D eigenvalue weighted by Gasteiger charge is -2.14. The summed E-state index contributed by atoms with van der Waals surface area (Å²) in [6.07, 6.45) is 3.19. The fourth-order valence-electron chi connectivity index (χ4n) is 1.25. The minimum atomic E-state index is -1.13. The van der Waals surface area contributed by atoms with Gasteiger partial charge in [-0.2, -0.15) is 0 Å².